The minimum absolute atomic E-state index is 0.161. The van der Waals surface area contributed by atoms with E-state index in [4.69, 9.17) is 5.73 Å². The third-order valence-electron chi connectivity index (χ3n) is 2.86. The van der Waals surface area contributed by atoms with E-state index in [-0.39, 0.29) is 11.6 Å². The molecule has 0 spiro atoms. The van der Waals surface area contributed by atoms with E-state index in [1.165, 1.54) is 17.4 Å². The number of aromatic amines is 1. The lowest BCUT2D eigenvalue weighted by Gasteiger charge is -2.06. The van der Waals surface area contributed by atoms with Gasteiger partial charge in [-0.25, -0.2) is 0 Å². The molecule has 20 heavy (non-hydrogen) atoms. The normalized spacial score (nSPS) is 12.2. The molecule has 0 amide bonds. The second-order valence-corrected chi connectivity index (χ2v) is 5.27. The molecule has 1 atom stereocenters. The lowest BCUT2D eigenvalue weighted by Crippen LogP contribution is -2.11. The van der Waals surface area contributed by atoms with Crippen molar-refractivity contribution >= 4 is 11.3 Å². The molecule has 1 aromatic carbocycles. The summed E-state index contributed by atoms with van der Waals surface area (Å²) in [5.41, 5.74) is 7.65. The van der Waals surface area contributed by atoms with Crippen molar-refractivity contribution in [1.82, 2.24) is 15.2 Å². The Balaban J connectivity index is 1.93. The Kier molecular flexibility index (Phi) is 3.41. The average molecular weight is 284 g/mol. The summed E-state index contributed by atoms with van der Waals surface area (Å²) in [6.07, 6.45) is 0. The van der Waals surface area contributed by atoms with E-state index in [0.717, 1.165) is 10.6 Å². The van der Waals surface area contributed by atoms with Gasteiger partial charge in [0, 0.05) is 6.07 Å². The second-order valence-electron chi connectivity index (χ2n) is 4.26. The predicted octanol–water partition coefficient (Wildman–Crippen LogP) is 1.94. The first-order valence-corrected chi connectivity index (χ1v) is 6.89. The van der Waals surface area contributed by atoms with Crippen LogP contribution in [0.2, 0.25) is 0 Å². The number of nitrogens with one attached hydrogen (secondary N) is 1. The van der Waals surface area contributed by atoms with Crippen molar-refractivity contribution in [3.8, 4) is 10.7 Å². The third kappa shape index (κ3) is 2.52. The maximum absolute atomic E-state index is 11.3. The molecule has 2 aromatic heterocycles. The molecular weight excluding hydrogens is 272 g/mol. The molecule has 100 valence electrons. The Hall–Kier alpha value is -2.31. The van der Waals surface area contributed by atoms with Crippen LogP contribution in [0.1, 0.15) is 16.6 Å². The standard InChI is InChI=1S/C14H12N4OS/c15-12(9-5-2-1-3-6-9)14-18-17-13(20-14)10-7-4-8-11(19)16-10/h1-8,12H,15H2,(H,16,19). The molecule has 6 heteroatoms. The summed E-state index contributed by atoms with van der Waals surface area (Å²) in [6.45, 7) is 0. The SMILES string of the molecule is NC(c1ccccc1)c1nnc(-c2cccc(=O)[nH]2)s1. The van der Waals surface area contributed by atoms with E-state index < -0.39 is 0 Å². The summed E-state index contributed by atoms with van der Waals surface area (Å²) in [5, 5.41) is 9.59. The van der Waals surface area contributed by atoms with E-state index in [1.807, 2.05) is 30.3 Å². The Morgan fingerprint density at radius 3 is 2.60 bits per heavy atom. The van der Waals surface area contributed by atoms with Crippen LogP contribution in [0.15, 0.2) is 53.3 Å². The summed E-state index contributed by atoms with van der Waals surface area (Å²) < 4.78 is 0. The Morgan fingerprint density at radius 1 is 1.05 bits per heavy atom. The van der Waals surface area contributed by atoms with Gasteiger partial charge in [-0.3, -0.25) is 4.79 Å². The molecule has 3 aromatic rings. The smallest absolute Gasteiger partial charge is 0.248 e. The number of pyridine rings is 1. The molecule has 0 radical (unpaired) electrons. The highest BCUT2D eigenvalue weighted by molar-refractivity contribution is 7.14. The molecule has 1 unspecified atom stereocenters. The quantitative estimate of drug-likeness (QED) is 0.769. The van der Waals surface area contributed by atoms with Crippen LogP contribution in [0, 0.1) is 0 Å². The van der Waals surface area contributed by atoms with Crippen molar-refractivity contribution in [2.45, 2.75) is 6.04 Å². The van der Waals surface area contributed by atoms with Crippen LogP contribution < -0.4 is 11.3 Å². The highest BCUT2D eigenvalue weighted by Crippen LogP contribution is 2.27. The number of rotatable bonds is 3. The van der Waals surface area contributed by atoms with Gasteiger partial charge >= 0.3 is 0 Å². The highest BCUT2D eigenvalue weighted by atomic mass is 32.1. The van der Waals surface area contributed by atoms with Crippen LogP contribution in [-0.4, -0.2) is 15.2 Å². The number of nitrogens with zero attached hydrogens (tertiary/aromatic N) is 2. The van der Waals surface area contributed by atoms with Gasteiger partial charge in [0.15, 0.2) is 5.01 Å². The number of aromatic nitrogens is 3. The van der Waals surface area contributed by atoms with Gasteiger partial charge in [-0.15, -0.1) is 10.2 Å². The molecule has 0 aliphatic heterocycles. The zero-order chi connectivity index (χ0) is 13.9. The molecule has 3 rings (SSSR count). The number of hydrogen-bond acceptors (Lipinski definition) is 5. The second kappa shape index (κ2) is 5.36. The molecule has 0 fully saturated rings. The van der Waals surface area contributed by atoms with Gasteiger partial charge in [0.25, 0.3) is 0 Å². The molecule has 0 bridgehead atoms. The molecule has 0 saturated heterocycles. The first kappa shape index (κ1) is 12.7. The van der Waals surface area contributed by atoms with Gasteiger partial charge in [0.05, 0.1) is 11.7 Å². The Labute approximate surface area is 119 Å². The number of H-pyrrole nitrogens is 1. The lowest BCUT2D eigenvalue weighted by molar-refractivity contribution is 0.830. The number of hydrogen-bond donors (Lipinski definition) is 2. The van der Waals surface area contributed by atoms with Crippen LogP contribution in [0.5, 0.6) is 0 Å². The van der Waals surface area contributed by atoms with Gasteiger partial charge in [-0.05, 0) is 11.6 Å². The molecule has 3 N–H and O–H groups in total. The van der Waals surface area contributed by atoms with Crippen LogP contribution in [0.3, 0.4) is 0 Å². The maximum atomic E-state index is 11.3. The third-order valence-corrected chi connectivity index (χ3v) is 3.90. The zero-order valence-electron chi connectivity index (χ0n) is 10.5. The fourth-order valence-electron chi connectivity index (χ4n) is 1.84. The van der Waals surface area contributed by atoms with Crippen LogP contribution in [-0.2, 0) is 0 Å². The van der Waals surface area contributed by atoms with Gasteiger partial charge in [0.2, 0.25) is 5.56 Å². The van der Waals surface area contributed by atoms with Crippen molar-refractivity contribution in [3.05, 3.63) is 69.5 Å². The van der Waals surface area contributed by atoms with Crippen LogP contribution >= 0.6 is 11.3 Å². The van der Waals surface area contributed by atoms with E-state index in [1.54, 1.807) is 12.1 Å². The topological polar surface area (TPSA) is 84.7 Å². The molecule has 2 heterocycles. The molecule has 5 nitrogen and oxygen atoms in total. The fourth-order valence-corrected chi connectivity index (χ4v) is 2.70. The van der Waals surface area contributed by atoms with E-state index >= 15 is 0 Å². The Bertz CT molecular complexity index is 766. The predicted molar refractivity (Wildman–Crippen MR) is 78.4 cm³/mol. The summed E-state index contributed by atoms with van der Waals surface area (Å²) >= 11 is 1.38. The Morgan fingerprint density at radius 2 is 1.85 bits per heavy atom. The largest absolute Gasteiger partial charge is 0.320 e. The minimum atomic E-state index is -0.308. The van der Waals surface area contributed by atoms with Crippen molar-refractivity contribution < 1.29 is 0 Å². The van der Waals surface area contributed by atoms with E-state index in [9.17, 15) is 4.79 Å². The van der Waals surface area contributed by atoms with Crippen molar-refractivity contribution in [3.63, 3.8) is 0 Å². The minimum Gasteiger partial charge on any atom is -0.320 e. The van der Waals surface area contributed by atoms with E-state index in [2.05, 4.69) is 15.2 Å². The van der Waals surface area contributed by atoms with E-state index in [0.29, 0.717) is 10.7 Å². The van der Waals surface area contributed by atoms with Gasteiger partial charge in [0.1, 0.15) is 5.01 Å². The first-order valence-electron chi connectivity index (χ1n) is 6.07. The molecule has 0 aliphatic rings. The summed E-state index contributed by atoms with van der Waals surface area (Å²) in [7, 11) is 0. The molecule has 0 saturated carbocycles. The molecule has 0 aliphatic carbocycles. The lowest BCUT2D eigenvalue weighted by atomic mass is 10.1. The van der Waals surface area contributed by atoms with Crippen molar-refractivity contribution in [1.29, 1.82) is 0 Å². The average Bonchev–Trinajstić information content (AvgIpc) is 2.97. The fraction of sp³-hybridized carbons (Fsp3) is 0.0714. The van der Waals surface area contributed by atoms with Crippen molar-refractivity contribution in [2.75, 3.05) is 0 Å². The summed E-state index contributed by atoms with van der Waals surface area (Å²) in [6, 6.07) is 14.4. The number of nitrogens with two attached hydrogens (primary N) is 1. The van der Waals surface area contributed by atoms with Crippen LogP contribution in [0.4, 0.5) is 0 Å². The molecular formula is C14H12N4OS. The first-order chi connectivity index (χ1) is 9.74. The summed E-state index contributed by atoms with van der Waals surface area (Å²) in [4.78, 5) is 14.0. The van der Waals surface area contributed by atoms with Crippen LogP contribution in [0.25, 0.3) is 10.7 Å². The zero-order valence-corrected chi connectivity index (χ0v) is 11.3. The van der Waals surface area contributed by atoms with Gasteiger partial charge in [-0.2, -0.15) is 0 Å². The number of benzene rings is 1. The monoisotopic (exact) mass is 284 g/mol. The van der Waals surface area contributed by atoms with Gasteiger partial charge in [-0.1, -0.05) is 47.7 Å². The van der Waals surface area contributed by atoms with Crippen molar-refractivity contribution in [2.24, 2.45) is 5.73 Å². The maximum Gasteiger partial charge on any atom is 0.248 e. The van der Waals surface area contributed by atoms with Gasteiger partial charge < -0.3 is 10.7 Å². The highest BCUT2D eigenvalue weighted by Gasteiger charge is 2.15. The summed E-state index contributed by atoms with van der Waals surface area (Å²) in [5.74, 6) is 0.